The molecule has 2 atom stereocenters. The van der Waals surface area contributed by atoms with Crippen LogP contribution in [0.15, 0.2) is 16.9 Å². The average Bonchev–Trinajstić information content (AvgIpc) is 3.26. The van der Waals surface area contributed by atoms with Crippen LogP contribution in [0.4, 0.5) is 10.6 Å². The second kappa shape index (κ2) is 7.89. The molecule has 0 aromatic carbocycles. The number of aromatic nitrogens is 4. The molecule has 1 spiro atoms. The lowest BCUT2D eigenvalue weighted by Crippen LogP contribution is -2.54. The first-order chi connectivity index (χ1) is 15.1. The summed E-state index contributed by atoms with van der Waals surface area (Å²) in [5, 5.41) is 6.87. The summed E-state index contributed by atoms with van der Waals surface area (Å²) < 4.78 is 5.29. The van der Waals surface area contributed by atoms with Crippen molar-refractivity contribution in [2.24, 2.45) is 11.3 Å². The van der Waals surface area contributed by atoms with Crippen LogP contribution < -0.4 is 10.2 Å². The highest BCUT2D eigenvalue weighted by molar-refractivity contribution is 6.07. The molecule has 1 aliphatic carbocycles. The van der Waals surface area contributed by atoms with Gasteiger partial charge in [-0.15, -0.1) is 6.42 Å². The van der Waals surface area contributed by atoms with Gasteiger partial charge >= 0.3 is 6.03 Å². The third kappa shape index (κ3) is 4.02. The van der Waals surface area contributed by atoms with Crippen LogP contribution in [0.3, 0.4) is 0 Å². The van der Waals surface area contributed by atoms with Gasteiger partial charge in [0.2, 0.25) is 11.7 Å². The second-order valence-corrected chi connectivity index (χ2v) is 9.59. The summed E-state index contributed by atoms with van der Waals surface area (Å²) in [4.78, 5) is 41.8. The van der Waals surface area contributed by atoms with Crippen LogP contribution in [0.2, 0.25) is 0 Å². The molecule has 3 amide bonds. The predicted molar refractivity (Wildman–Crippen MR) is 116 cm³/mol. The monoisotopic (exact) mass is 437 g/mol. The molecule has 3 heterocycles. The van der Waals surface area contributed by atoms with Crippen LogP contribution >= 0.6 is 0 Å². The Balaban J connectivity index is 1.48. The third-order valence-corrected chi connectivity index (χ3v) is 5.97. The van der Waals surface area contributed by atoms with E-state index in [1.165, 1.54) is 6.20 Å². The SMILES string of the molecule is C#CCN(C)c1cnc(-c2noc(CN3C(=O)N[C@]4(C[C@H](C)CC(C)(C)C4)C3=O)n2)cn1. The smallest absolute Gasteiger partial charge is 0.325 e. The van der Waals surface area contributed by atoms with Gasteiger partial charge in [0.25, 0.3) is 5.91 Å². The number of hydrogen-bond acceptors (Lipinski definition) is 8. The molecule has 2 aromatic rings. The molecule has 1 saturated heterocycles. The lowest BCUT2D eigenvalue weighted by Gasteiger charge is -2.43. The molecule has 0 bridgehead atoms. The first-order valence-electron chi connectivity index (χ1n) is 10.6. The first-order valence-corrected chi connectivity index (χ1v) is 10.6. The Morgan fingerprint density at radius 3 is 2.75 bits per heavy atom. The number of nitrogens with one attached hydrogen (secondary N) is 1. The molecule has 4 rings (SSSR count). The Bertz CT molecular complexity index is 1070. The first kappa shape index (κ1) is 21.7. The number of nitrogens with zero attached hydrogens (tertiary/aromatic N) is 6. The van der Waals surface area contributed by atoms with Gasteiger partial charge in [-0.1, -0.05) is 31.8 Å². The Labute approximate surface area is 186 Å². The fourth-order valence-electron chi connectivity index (χ4n) is 5.06. The maximum atomic E-state index is 13.3. The molecule has 1 saturated carbocycles. The van der Waals surface area contributed by atoms with Crippen LogP contribution in [0.25, 0.3) is 11.5 Å². The van der Waals surface area contributed by atoms with Gasteiger partial charge in [0.05, 0.1) is 18.9 Å². The summed E-state index contributed by atoms with van der Waals surface area (Å²) >= 11 is 0. The molecular weight excluding hydrogens is 410 g/mol. The fourth-order valence-corrected chi connectivity index (χ4v) is 5.06. The van der Waals surface area contributed by atoms with E-state index in [-0.39, 0.29) is 29.6 Å². The summed E-state index contributed by atoms with van der Waals surface area (Å²) in [6.07, 6.45) is 10.7. The predicted octanol–water partition coefficient (Wildman–Crippen LogP) is 2.23. The number of amides is 3. The van der Waals surface area contributed by atoms with Crippen molar-refractivity contribution >= 4 is 17.8 Å². The summed E-state index contributed by atoms with van der Waals surface area (Å²) in [7, 11) is 1.81. The molecule has 0 radical (unpaired) electrons. The van der Waals surface area contributed by atoms with Crippen LogP contribution in [-0.4, -0.2) is 56.1 Å². The molecule has 2 aliphatic rings. The third-order valence-electron chi connectivity index (χ3n) is 5.97. The van der Waals surface area contributed by atoms with Gasteiger partial charge in [-0.3, -0.25) is 9.69 Å². The molecular formula is C22H27N7O3. The minimum Gasteiger partial charge on any atom is -0.347 e. The van der Waals surface area contributed by atoms with E-state index >= 15 is 0 Å². The van der Waals surface area contributed by atoms with E-state index < -0.39 is 11.6 Å². The van der Waals surface area contributed by atoms with E-state index in [9.17, 15) is 9.59 Å². The molecule has 2 aromatic heterocycles. The van der Waals surface area contributed by atoms with E-state index in [2.05, 4.69) is 52.1 Å². The van der Waals surface area contributed by atoms with Crippen LogP contribution in [0, 0.1) is 23.7 Å². The van der Waals surface area contributed by atoms with E-state index in [4.69, 9.17) is 10.9 Å². The lowest BCUT2D eigenvalue weighted by atomic mass is 9.64. The lowest BCUT2D eigenvalue weighted by molar-refractivity contribution is -0.135. The van der Waals surface area contributed by atoms with Crippen LogP contribution in [0.1, 0.15) is 45.9 Å². The van der Waals surface area contributed by atoms with Gasteiger partial charge in [-0.05, 0) is 30.6 Å². The standard InChI is InChI=1S/C22H27N7O3/c1-6-7-28(5)16-11-23-15(10-24-16)18-25-17(32-27-18)12-29-19(30)22(26-20(29)31)9-14(2)8-21(3,4)13-22/h1,10-11,14H,7-9,12-13H2,2-5H3,(H,26,31)/t14-,22+/m1/s1. The van der Waals surface area contributed by atoms with Gasteiger partial charge in [0, 0.05) is 7.05 Å². The van der Waals surface area contributed by atoms with E-state index in [0.717, 1.165) is 11.3 Å². The molecule has 10 heteroatoms. The second-order valence-electron chi connectivity index (χ2n) is 9.59. The zero-order chi connectivity index (χ0) is 23.1. The number of rotatable bonds is 5. The molecule has 0 unspecified atom stereocenters. The summed E-state index contributed by atoms with van der Waals surface area (Å²) in [6.45, 7) is 6.70. The van der Waals surface area contributed by atoms with Gasteiger partial charge in [-0.2, -0.15) is 4.98 Å². The van der Waals surface area contributed by atoms with Gasteiger partial charge in [-0.25, -0.2) is 14.8 Å². The van der Waals surface area contributed by atoms with Crippen molar-refractivity contribution in [3.63, 3.8) is 0 Å². The summed E-state index contributed by atoms with van der Waals surface area (Å²) in [5.74, 6) is 3.63. The Hall–Kier alpha value is -3.48. The molecule has 1 aliphatic heterocycles. The fraction of sp³-hybridized carbons (Fsp3) is 0.545. The zero-order valence-corrected chi connectivity index (χ0v) is 18.8. The van der Waals surface area contributed by atoms with Crippen molar-refractivity contribution in [1.82, 2.24) is 30.3 Å². The number of hydrogen-bond donors (Lipinski definition) is 1. The van der Waals surface area contributed by atoms with Gasteiger partial charge in [0.15, 0.2) is 0 Å². The zero-order valence-electron chi connectivity index (χ0n) is 18.8. The number of anilines is 1. The normalized spacial score (nSPS) is 24.5. The van der Waals surface area contributed by atoms with E-state index in [0.29, 0.717) is 36.8 Å². The number of urea groups is 1. The van der Waals surface area contributed by atoms with E-state index in [1.54, 1.807) is 11.1 Å². The topological polar surface area (TPSA) is 117 Å². The van der Waals surface area contributed by atoms with Crippen molar-refractivity contribution in [2.45, 2.75) is 52.1 Å². The maximum absolute atomic E-state index is 13.3. The quantitative estimate of drug-likeness (QED) is 0.559. The minimum atomic E-state index is -0.868. The van der Waals surface area contributed by atoms with Crippen molar-refractivity contribution in [3.05, 3.63) is 18.3 Å². The van der Waals surface area contributed by atoms with Crippen molar-refractivity contribution in [2.75, 3.05) is 18.5 Å². The average molecular weight is 438 g/mol. The van der Waals surface area contributed by atoms with Gasteiger partial charge in [0.1, 0.15) is 23.6 Å². The molecule has 32 heavy (non-hydrogen) atoms. The summed E-state index contributed by atoms with van der Waals surface area (Å²) in [5.41, 5.74) is -0.491. The minimum absolute atomic E-state index is 0.0343. The number of carbonyl (C=O) groups excluding carboxylic acids is 2. The van der Waals surface area contributed by atoms with Crippen molar-refractivity contribution in [3.8, 4) is 23.9 Å². The van der Waals surface area contributed by atoms with Crippen molar-refractivity contribution in [1.29, 1.82) is 0 Å². The van der Waals surface area contributed by atoms with Crippen molar-refractivity contribution < 1.29 is 14.1 Å². The Morgan fingerprint density at radius 1 is 1.31 bits per heavy atom. The highest BCUT2D eigenvalue weighted by Crippen LogP contribution is 2.46. The highest BCUT2D eigenvalue weighted by atomic mass is 16.5. The molecule has 1 N–H and O–H groups in total. The number of imide groups is 1. The molecule has 10 nitrogen and oxygen atoms in total. The molecule has 2 fully saturated rings. The summed E-state index contributed by atoms with van der Waals surface area (Å²) in [6, 6.07) is -0.430. The number of terminal acetylenes is 1. The Kier molecular flexibility index (Phi) is 5.36. The Morgan fingerprint density at radius 2 is 2.09 bits per heavy atom. The number of carbonyl (C=O) groups is 2. The maximum Gasteiger partial charge on any atom is 0.325 e. The van der Waals surface area contributed by atoms with Crippen LogP contribution in [-0.2, 0) is 11.3 Å². The van der Waals surface area contributed by atoms with Crippen LogP contribution in [0.5, 0.6) is 0 Å². The highest BCUT2D eigenvalue weighted by Gasteiger charge is 2.56. The molecule has 168 valence electrons. The van der Waals surface area contributed by atoms with Gasteiger partial charge < -0.3 is 14.7 Å². The van der Waals surface area contributed by atoms with E-state index in [1.807, 2.05) is 7.05 Å². The largest absolute Gasteiger partial charge is 0.347 e.